The predicted molar refractivity (Wildman–Crippen MR) is 49.1 cm³/mol. The van der Waals surface area contributed by atoms with Crippen LogP contribution < -0.4 is 5.73 Å². The highest BCUT2D eigenvalue weighted by Gasteiger charge is 2.34. The second kappa shape index (κ2) is 3.51. The molecule has 1 heterocycles. The van der Waals surface area contributed by atoms with Gasteiger partial charge in [0.1, 0.15) is 0 Å². The van der Waals surface area contributed by atoms with Gasteiger partial charge in [-0.3, -0.25) is 0 Å². The molecule has 0 aliphatic heterocycles. The summed E-state index contributed by atoms with van der Waals surface area (Å²) in [7, 11) is 0. The Balaban J connectivity index is 2.57. The van der Waals surface area contributed by atoms with E-state index in [2.05, 4.69) is 14.7 Å². The molecule has 2 rings (SSSR count). The van der Waals surface area contributed by atoms with Crippen LogP contribution in [0.1, 0.15) is 5.56 Å². The number of rotatable bonds is 1. The number of alkyl halides is 3. The lowest BCUT2D eigenvalue weighted by Gasteiger charge is -2.09. The van der Waals surface area contributed by atoms with Crippen LogP contribution in [0.3, 0.4) is 0 Å². The molecule has 0 aliphatic carbocycles. The molecule has 0 atom stereocenters. The van der Waals surface area contributed by atoms with Gasteiger partial charge in [0.15, 0.2) is 0 Å². The minimum Gasteiger partial charge on any atom is -0.365 e. The Morgan fingerprint density at radius 3 is 2.44 bits per heavy atom. The van der Waals surface area contributed by atoms with Gasteiger partial charge >= 0.3 is 6.18 Å². The number of nitrogens with two attached hydrogens (primary N) is 1. The summed E-state index contributed by atoms with van der Waals surface area (Å²) in [5, 5.41) is 3.24. The molecule has 0 aliphatic rings. The highest BCUT2D eigenvalue weighted by molar-refractivity contribution is 5.60. The van der Waals surface area contributed by atoms with Crippen LogP contribution in [-0.2, 0) is 6.18 Å². The molecule has 0 radical (unpaired) electrons. The first-order chi connectivity index (χ1) is 7.48. The van der Waals surface area contributed by atoms with E-state index in [0.717, 1.165) is 6.07 Å². The second-order valence-electron chi connectivity index (χ2n) is 3.00. The van der Waals surface area contributed by atoms with E-state index in [0.29, 0.717) is 0 Å². The van der Waals surface area contributed by atoms with Gasteiger partial charge in [0.25, 0.3) is 11.8 Å². The van der Waals surface area contributed by atoms with Gasteiger partial charge in [-0.25, -0.2) is 0 Å². The molecule has 0 unspecified atom stereocenters. The van der Waals surface area contributed by atoms with Crippen molar-refractivity contribution in [2.45, 2.75) is 6.18 Å². The fraction of sp³-hybridized carbons (Fsp3) is 0.111. The van der Waals surface area contributed by atoms with Gasteiger partial charge in [0.05, 0.1) is 11.1 Å². The molecule has 0 fully saturated rings. The third-order valence-electron chi connectivity index (χ3n) is 1.90. The zero-order valence-corrected chi connectivity index (χ0v) is 7.82. The van der Waals surface area contributed by atoms with Crippen molar-refractivity contribution in [1.82, 2.24) is 10.1 Å². The van der Waals surface area contributed by atoms with Crippen LogP contribution in [0.25, 0.3) is 11.5 Å². The van der Waals surface area contributed by atoms with E-state index >= 15 is 0 Å². The number of hydrogen-bond donors (Lipinski definition) is 1. The van der Waals surface area contributed by atoms with Crippen LogP contribution in [0.15, 0.2) is 28.8 Å². The maximum absolute atomic E-state index is 12.6. The number of aromatic nitrogens is 2. The summed E-state index contributed by atoms with van der Waals surface area (Å²) in [5.41, 5.74) is 4.16. The number of benzene rings is 1. The van der Waals surface area contributed by atoms with Crippen LogP contribution in [-0.4, -0.2) is 10.1 Å². The molecule has 1 aromatic heterocycles. The van der Waals surface area contributed by atoms with E-state index in [1.54, 1.807) is 0 Å². The number of hydrogen-bond acceptors (Lipinski definition) is 4. The van der Waals surface area contributed by atoms with Crippen molar-refractivity contribution in [3.05, 3.63) is 29.8 Å². The smallest absolute Gasteiger partial charge is 0.365 e. The van der Waals surface area contributed by atoms with E-state index in [9.17, 15) is 13.2 Å². The molecule has 7 heteroatoms. The SMILES string of the molecule is Nc1noc(-c2ccccc2C(F)(F)F)n1. The predicted octanol–water partition coefficient (Wildman–Crippen LogP) is 2.34. The molecule has 1 aromatic carbocycles. The normalized spacial score (nSPS) is 11.7. The van der Waals surface area contributed by atoms with Crippen LogP contribution in [0.2, 0.25) is 0 Å². The number of nitrogens with zero attached hydrogens (tertiary/aromatic N) is 2. The molecule has 16 heavy (non-hydrogen) atoms. The van der Waals surface area contributed by atoms with Crippen LogP contribution in [0.4, 0.5) is 19.1 Å². The van der Waals surface area contributed by atoms with Crippen molar-refractivity contribution >= 4 is 5.95 Å². The Kier molecular flexibility index (Phi) is 2.30. The first-order valence-corrected chi connectivity index (χ1v) is 4.24. The fourth-order valence-electron chi connectivity index (χ4n) is 1.26. The lowest BCUT2D eigenvalue weighted by molar-refractivity contribution is -0.137. The summed E-state index contributed by atoms with van der Waals surface area (Å²) in [6.45, 7) is 0. The van der Waals surface area contributed by atoms with Gasteiger partial charge in [-0.05, 0) is 17.3 Å². The largest absolute Gasteiger partial charge is 0.417 e. The lowest BCUT2D eigenvalue weighted by atomic mass is 10.1. The molecule has 4 nitrogen and oxygen atoms in total. The first-order valence-electron chi connectivity index (χ1n) is 4.24. The maximum atomic E-state index is 12.6. The van der Waals surface area contributed by atoms with Crippen molar-refractivity contribution in [1.29, 1.82) is 0 Å². The Bertz CT molecular complexity index is 507. The van der Waals surface area contributed by atoms with Crippen LogP contribution in [0, 0.1) is 0 Å². The molecule has 0 spiro atoms. The van der Waals surface area contributed by atoms with Crippen molar-refractivity contribution in [3.8, 4) is 11.5 Å². The van der Waals surface area contributed by atoms with Gasteiger partial charge in [0.2, 0.25) is 0 Å². The summed E-state index contributed by atoms with van der Waals surface area (Å²) < 4.78 is 42.5. The fourth-order valence-corrected chi connectivity index (χ4v) is 1.26. The first kappa shape index (κ1) is 10.5. The topological polar surface area (TPSA) is 64.9 Å². The monoisotopic (exact) mass is 229 g/mol. The van der Waals surface area contributed by atoms with E-state index < -0.39 is 11.7 Å². The van der Waals surface area contributed by atoms with Crippen LogP contribution >= 0.6 is 0 Å². The molecule has 0 saturated heterocycles. The standard InChI is InChI=1S/C9H6F3N3O/c10-9(11,12)6-4-2-1-3-5(6)7-14-8(13)15-16-7/h1-4H,(H2,13,15). The van der Waals surface area contributed by atoms with Gasteiger partial charge in [-0.1, -0.05) is 12.1 Å². The van der Waals surface area contributed by atoms with Gasteiger partial charge in [0, 0.05) is 0 Å². The molecule has 2 N–H and O–H groups in total. The van der Waals surface area contributed by atoms with Crippen molar-refractivity contribution < 1.29 is 17.7 Å². The minimum absolute atomic E-state index is 0.181. The summed E-state index contributed by atoms with van der Waals surface area (Å²) in [6, 6.07) is 4.92. The number of nitrogen functional groups attached to an aromatic ring is 1. The quantitative estimate of drug-likeness (QED) is 0.815. The molecular formula is C9H6F3N3O. The minimum atomic E-state index is -4.47. The van der Waals surface area contributed by atoms with Gasteiger partial charge in [-0.15, -0.1) is 0 Å². The third kappa shape index (κ3) is 1.83. The average Bonchev–Trinajstić information content (AvgIpc) is 2.64. The summed E-state index contributed by atoms with van der Waals surface area (Å²) >= 11 is 0. The Morgan fingerprint density at radius 1 is 1.19 bits per heavy atom. The summed E-state index contributed by atoms with van der Waals surface area (Å²) in [6.07, 6.45) is -4.47. The van der Waals surface area contributed by atoms with E-state index in [-0.39, 0.29) is 17.4 Å². The molecule has 0 saturated carbocycles. The Labute approximate surface area is 87.9 Å². The molecule has 2 aromatic rings. The highest BCUT2D eigenvalue weighted by atomic mass is 19.4. The summed E-state index contributed by atoms with van der Waals surface area (Å²) in [4.78, 5) is 3.56. The Hall–Kier alpha value is -2.05. The van der Waals surface area contributed by atoms with Gasteiger partial charge in [-0.2, -0.15) is 18.2 Å². The molecule has 0 amide bonds. The van der Waals surface area contributed by atoms with E-state index in [1.165, 1.54) is 18.2 Å². The third-order valence-corrected chi connectivity index (χ3v) is 1.90. The molecule has 84 valence electrons. The number of anilines is 1. The van der Waals surface area contributed by atoms with Crippen molar-refractivity contribution in [2.75, 3.05) is 5.73 Å². The molecule has 0 bridgehead atoms. The maximum Gasteiger partial charge on any atom is 0.417 e. The van der Waals surface area contributed by atoms with Crippen molar-refractivity contribution in [2.24, 2.45) is 0 Å². The average molecular weight is 229 g/mol. The zero-order chi connectivity index (χ0) is 11.8. The highest BCUT2D eigenvalue weighted by Crippen LogP contribution is 2.36. The van der Waals surface area contributed by atoms with Crippen molar-refractivity contribution in [3.63, 3.8) is 0 Å². The van der Waals surface area contributed by atoms with E-state index in [1.807, 2.05) is 0 Å². The second-order valence-corrected chi connectivity index (χ2v) is 3.00. The van der Waals surface area contributed by atoms with Crippen LogP contribution in [0.5, 0.6) is 0 Å². The van der Waals surface area contributed by atoms with Gasteiger partial charge < -0.3 is 10.3 Å². The zero-order valence-electron chi connectivity index (χ0n) is 7.82. The molecular weight excluding hydrogens is 223 g/mol. The number of halogens is 3. The summed E-state index contributed by atoms with van der Waals surface area (Å²) in [5.74, 6) is -0.447. The lowest BCUT2D eigenvalue weighted by Crippen LogP contribution is -2.06. The Morgan fingerprint density at radius 2 is 1.88 bits per heavy atom. The van der Waals surface area contributed by atoms with E-state index in [4.69, 9.17) is 5.73 Å².